The van der Waals surface area contributed by atoms with E-state index in [0.29, 0.717) is 32.7 Å². The van der Waals surface area contributed by atoms with Crippen molar-refractivity contribution in [2.75, 3.05) is 26.2 Å². The summed E-state index contributed by atoms with van der Waals surface area (Å²) < 4.78 is 51.9. The summed E-state index contributed by atoms with van der Waals surface area (Å²) in [6.07, 6.45) is -4.51. The summed E-state index contributed by atoms with van der Waals surface area (Å²) in [5, 5.41) is 0. The Hall–Kier alpha value is -2.85. The molecule has 1 aliphatic heterocycles. The van der Waals surface area contributed by atoms with Crippen molar-refractivity contribution in [2.24, 2.45) is 0 Å². The first kappa shape index (κ1) is 19.9. The monoisotopic (exact) mass is 390 g/mol. The molecule has 1 heterocycles. The van der Waals surface area contributed by atoms with E-state index in [1.54, 1.807) is 12.1 Å². The third-order valence-electron chi connectivity index (χ3n) is 4.52. The normalized spacial score (nSPS) is 15.1. The molecule has 0 aliphatic carbocycles. The van der Waals surface area contributed by atoms with E-state index in [-0.39, 0.29) is 11.4 Å². The molecule has 0 N–H and O–H groups in total. The zero-order chi connectivity index (χ0) is 20.1. The fourth-order valence-corrected chi connectivity index (χ4v) is 3.00. The van der Waals surface area contributed by atoms with Gasteiger partial charge in [-0.25, -0.2) is 4.39 Å². The molecule has 1 fully saturated rings. The lowest BCUT2D eigenvalue weighted by molar-refractivity contribution is -0.137. The van der Waals surface area contributed by atoms with Crippen molar-refractivity contribution in [3.05, 3.63) is 71.0 Å². The van der Waals surface area contributed by atoms with Gasteiger partial charge in [-0.05, 0) is 29.8 Å². The Bertz CT molecular complexity index is 889. The van der Waals surface area contributed by atoms with E-state index in [1.165, 1.54) is 35.2 Å². The van der Waals surface area contributed by atoms with Gasteiger partial charge in [0.1, 0.15) is 5.82 Å². The number of halogens is 4. The number of amides is 1. The van der Waals surface area contributed by atoms with Crippen LogP contribution in [0.1, 0.15) is 16.7 Å². The smallest absolute Gasteiger partial charge is 0.329 e. The largest absolute Gasteiger partial charge is 0.417 e. The fraction of sp³-hybridized carbons (Fsp3) is 0.286. The Morgan fingerprint density at radius 3 is 2.25 bits per heavy atom. The van der Waals surface area contributed by atoms with Crippen LogP contribution in [-0.2, 0) is 17.5 Å². The molecule has 0 atom stereocenters. The lowest BCUT2D eigenvalue weighted by Gasteiger charge is -2.33. The molecule has 0 aromatic heterocycles. The number of hydrogen-bond acceptors (Lipinski definition) is 2. The van der Waals surface area contributed by atoms with Crippen LogP contribution in [0.25, 0.3) is 0 Å². The maximum Gasteiger partial charge on any atom is 0.417 e. The van der Waals surface area contributed by atoms with Crippen LogP contribution in [0.4, 0.5) is 17.6 Å². The molecule has 28 heavy (non-hydrogen) atoms. The Morgan fingerprint density at radius 1 is 0.964 bits per heavy atom. The average molecular weight is 390 g/mol. The molecule has 2 aromatic carbocycles. The second kappa shape index (κ2) is 8.44. The van der Waals surface area contributed by atoms with Gasteiger partial charge in [-0.1, -0.05) is 30.2 Å². The molecule has 1 amide bonds. The number of benzene rings is 2. The van der Waals surface area contributed by atoms with Crippen LogP contribution in [0.3, 0.4) is 0 Å². The SMILES string of the molecule is O=C(C#Cc1ccccc1C(F)(F)F)N1CCN(Cc2ccc(F)cc2)CC1. The van der Waals surface area contributed by atoms with Gasteiger partial charge in [0.05, 0.1) is 5.56 Å². The van der Waals surface area contributed by atoms with Crippen LogP contribution >= 0.6 is 0 Å². The molecule has 3 nitrogen and oxygen atoms in total. The predicted molar refractivity (Wildman–Crippen MR) is 96.6 cm³/mol. The van der Waals surface area contributed by atoms with Gasteiger partial charge < -0.3 is 4.90 Å². The first-order chi connectivity index (χ1) is 13.3. The third kappa shape index (κ3) is 5.11. The molecule has 1 aliphatic rings. The number of piperazine rings is 1. The van der Waals surface area contributed by atoms with Crippen LogP contribution in [0.5, 0.6) is 0 Å². The summed E-state index contributed by atoms with van der Waals surface area (Å²) in [5.74, 6) is 3.92. The van der Waals surface area contributed by atoms with Gasteiger partial charge in [0.2, 0.25) is 0 Å². The number of alkyl halides is 3. The summed E-state index contributed by atoms with van der Waals surface area (Å²) in [5.41, 5.74) is -0.0811. The first-order valence-electron chi connectivity index (χ1n) is 8.77. The molecule has 0 bridgehead atoms. The molecule has 0 spiro atoms. The molecule has 1 saturated heterocycles. The molecule has 7 heteroatoms. The molecule has 0 saturated carbocycles. The van der Waals surface area contributed by atoms with Gasteiger partial charge in [0.25, 0.3) is 5.91 Å². The lowest BCUT2D eigenvalue weighted by Crippen LogP contribution is -2.47. The highest BCUT2D eigenvalue weighted by Crippen LogP contribution is 2.31. The highest BCUT2D eigenvalue weighted by atomic mass is 19.4. The maximum absolute atomic E-state index is 13.0. The molecule has 2 aromatic rings. The highest BCUT2D eigenvalue weighted by molar-refractivity contribution is 5.94. The number of carbonyl (C=O) groups excluding carboxylic acids is 1. The molecule has 0 unspecified atom stereocenters. The molecular formula is C21H18F4N2O. The van der Waals surface area contributed by atoms with Crippen LogP contribution in [0, 0.1) is 17.7 Å². The summed E-state index contributed by atoms with van der Waals surface area (Å²) in [4.78, 5) is 15.9. The van der Waals surface area contributed by atoms with E-state index in [0.717, 1.165) is 11.6 Å². The van der Waals surface area contributed by atoms with Gasteiger partial charge in [0, 0.05) is 44.2 Å². The quantitative estimate of drug-likeness (QED) is 0.579. The molecule has 146 valence electrons. The Balaban J connectivity index is 1.58. The minimum atomic E-state index is -4.51. The van der Waals surface area contributed by atoms with E-state index in [4.69, 9.17) is 0 Å². The minimum absolute atomic E-state index is 0.210. The zero-order valence-corrected chi connectivity index (χ0v) is 15.0. The first-order valence-corrected chi connectivity index (χ1v) is 8.77. The molecular weight excluding hydrogens is 372 g/mol. The topological polar surface area (TPSA) is 23.6 Å². The minimum Gasteiger partial charge on any atom is -0.329 e. The summed E-state index contributed by atoms with van der Waals surface area (Å²) in [6, 6.07) is 11.2. The van der Waals surface area contributed by atoms with Crippen molar-refractivity contribution in [1.29, 1.82) is 0 Å². The van der Waals surface area contributed by atoms with Gasteiger partial charge in [0.15, 0.2) is 0 Å². The Kier molecular flexibility index (Phi) is 6.00. The van der Waals surface area contributed by atoms with E-state index in [2.05, 4.69) is 16.7 Å². The van der Waals surface area contributed by atoms with Crippen molar-refractivity contribution >= 4 is 5.91 Å². The lowest BCUT2D eigenvalue weighted by atomic mass is 10.1. The van der Waals surface area contributed by atoms with Gasteiger partial charge in [-0.15, -0.1) is 0 Å². The zero-order valence-electron chi connectivity index (χ0n) is 15.0. The van der Waals surface area contributed by atoms with Crippen molar-refractivity contribution in [3.63, 3.8) is 0 Å². The molecule has 0 radical (unpaired) electrons. The van der Waals surface area contributed by atoms with E-state index in [1.807, 2.05) is 0 Å². The second-order valence-corrected chi connectivity index (χ2v) is 6.49. The summed E-state index contributed by atoms with van der Waals surface area (Å²) in [6.45, 7) is 2.76. The number of carbonyl (C=O) groups is 1. The Labute approximate surface area is 160 Å². The van der Waals surface area contributed by atoms with E-state index >= 15 is 0 Å². The third-order valence-corrected chi connectivity index (χ3v) is 4.52. The summed E-state index contributed by atoms with van der Waals surface area (Å²) >= 11 is 0. The van der Waals surface area contributed by atoms with E-state index < -0.39 is 17.6 Å². The van der Waals surface area contributed by atoms with Gasteiger partial charge >= 0.3 is 6.18 Å². The Morgan fingerprint density at radius 2 is 1.61 bits per heavy atom. The van der Waals surface area contributed by atoms with Crippen molar-refractivity contribution in [1.82, 2.24) is 9.80 Å². The predicted octanol–water partition coefficient (Wildman–Crippen LogP) is 3.54. The number of nitrogens with zero attached hydrogens (tertiary/aromatic N) is 2. The molecule has 3 rings (SSSR count). The number of rotatable bonds is 2. The number of hydrogen-bond donors (Lipinski definition) is 0. The fourth-order valence-electron chi connectivity index (χ4n) is 3.00. The second-order valence-electron chi connectivity index (χ2n) is 6.49. The van der Waals surface area contributed by atoms with Crippen molar-refractivity contribution in [2.45, 2.75) is 12.7 Å². The van der Waals surface area contributed by atoms with Crippen LogP contribution in [0.15, 0.2) is 48.5 Å². The van der Waals surface area contributed by atoms with Crippen molar-refractivity contribution in [3.8, 4) is 11.8 Å². The average Bonchev–Trinajstić information content (AvgIpc) is 2.68. The maximum atomic E-state index is 13.0. The highest BCUT2D eigenvalue weighted by Gasteiger charge is 2.32. The van der Waals surface area contributed by atoms with Crippen molar-refractivity contribution < 1.29 is 22.4 Å². The van der Waals surface area contributed by atoms with Crippen LogP contribution < -0.4 is 0 Å². The van der Waals surface area contributed by atoms with E-state index in [9.17, 15) is 22.4 Å². The standard InChI is InChI=1S/C21H18F4N2O/c22-18-8-5-16(6-9-18)15-26-11-13-27(14-12-26)20(28)10-7-17-3-1-2-4-19(17)21(23,24)25/h1-6,8-9H,11-15H2. The summed E-state index contributed by atoms with van der Waals surface area (Å²) in [7, 11) is 0. The van der Waals surface area contributed by atoms with Gasteiger partial charge in [-0.2, -0.15) is 13.2 Å². The van der Waals surface area contributed by atoms with Crippen LogP contribution in [0.2, 0.25) is 0 Å². The van der Waals surface area contributed by atoms with Crippen LogP contribution in [-0.4, -0.2) is 41.9 Å². The van der Waals surface area contributed by atoms with Gasteiger partial charge in [-0.3, -0.25) is 9.69 Å².